The van der Waals surface area contributed by atoms with E-state index in [4.69, 9.17) is 15.0 Å². The van der Waals surface area contributed by atoms with Crippen LogP contribution in [0.5, 0.6) is 0 Å². The van der Waals surface area contributed by atoms with Crippen LogP contribution < -0.4 is 5.73 Å². The molecule has 0 saturated heterocycles. The van der Waals surface area contributed by atoms with Crippen LogP contribution in [0.3, 0.4) is 0 Å². The van der Waals surface area contributed by atoms with Crippen LogP contribution in [0, 0.1) is 0 Å². The van der Waals surface area contributed by atoms with Gasteiger partial charge < -0.3 is 15.0 Å². The average molecular weight is 279 g/mol. The first-order valence-electron chi connectivity index (χ1n) is 6.43. The van der Waals surface area contributed by atoms with Crippen LogP contribution in [0.15, 0.2) is 22.0 Å². The molecule has 2 aromatic heterocycles. The van der Waals surface area contributed by atoms with Gasteiger partial charge >= 0.3 is 0 Å². The fourth-order valence-electron chi connectivity index (χ4n) is 2.60. The third-order valence-electron chi connectivity index (χ3n) is 3.77. The molecule has 0 bridgehead atoms. The Morgan fingerprint density at radius 3 is 2.89 bits per heavy atom. The molecule has 1 saturated carbocycles. The van der Waals surface area contributed by atoms with Gasteiger partial charge in [-0.2, -0.15) is 4.98 Å². The Kier molecular flexibility index (Phi) is 3.38. The van der Waals surface area contributed by atoms with Crippen molar-refractivity contribution in [3.05, 3.63) is 34.1 Å². The van der Waals surface area contributed by atoms with E-state index in [1.165, 1.54) is 0 Å². The van der Waals surface area contributed by atoms with E-state index in [9.17, 15) is 0 Å². The molecule has 2 N–H and O–H groups in total. The molecule has 1 unspecified atom stereocenters. The van der Waals surface area contributed by atoms with E-state index in [2.05, 4.69) is 10.1 Å². The van der Waals surface area contributed by atoms with Gasteiger partial charge in [-0.25, -0.2) is 0 Å². The van der Waals surface area contributed by atoms with Crippen LogP contribution in [0.4, 0.5) is 0 Å². The molecule has 1 fully saturated rings. The number of nitrogens with zero attached hydrogens (tertiary/aromatic N) is 2. The molecule has 5 nitrogen and oxygen atoms in total. The van der Waals surface area contributed by atoms with Gasteiger partial charge in [0.1, 0.15) is 11.6 Å². The molecule has 19 heavy (non-hydrogen) atoms. The van der Waals surface area contributed by atoms with Gasteiger partial charge in [0.05, 0.1) is 0 Å². The van der Waals surface area contributed by atoms with Crippen molar-refractivity contribution in [3.63, 3.8) is 0 Å². The van der Waals surface area contributed by atoms with Crippen LogP contribution in [0.2, 0.25) is 0 Å². The molecule has 1 atom stereocenters. The Bertz CT molecular complexity index is 532. The topological polar surface area (TPSA) is 74.2 Å². The third kappa shape index (κ3) is 2.20. The Hall–Kier alpha value is -1.24. The lowest BCUT2D eigenvalue weighted by Crippen LogP contribution is -2.26. The summed E-state index contributed by atoms with van der Waals surface area (Å²) in [6, 6.07) is 3.59. The quantitative estimate of drug-likeness (QED) is 0.931. The second kappa shape index (κ2) is 5.03. The molecule has 6 heteroatoms. The molecule has 3 rings (SSSR count). The van der Waals surface area contributed by atoms with Crippen LogP contribution in [0.1, 0.15) is 48.3 Å². The van der Waals surface area contributed by atoms with Crippen LogP contribution in [-0.4, -0.2) is 17.3 Å². The minimum atomic E-state index is -0.378. The van der Waals surface area contributed by atoms with Gasteiger partial charge in [-0.3, -0.25) is 0 Å². The molecular formula is C13H17N3O2S. The van der Waals surface area contributed by atoms with Crippen molar-refractivity contribution in [2.75, 3.05) is 7.11 Å². The number of nitrogens with two attached hydrogens (primary N) is 1. The molecule has 0 radical (unpaired) electrons. The second-order valence-corrected chi connectivity index (χ2v) is 5.83. The molecular weight excluding hydrogens is 262 g/mol. The summed E-state index contributed by atoms with van der Waals surface area (Å²) in [6.07, 6.45) is 4.15. The number of methoxy groups -OCH3 is 1. The number of hydrogen-bond donors (Lipinski definition) is 1. The van der Waals surface area contributed by atoms with Gasteiger partial charge in [0.2, 0.25) is 11.7 Å². The van der Waals surface area contributed by atoms with Gasteiger partial charge in [0, 0.05) is 12.0 Å². The SMILES string of the molecule is COC1(c2noc(C(N)c3cccs3)n2)CCCC1. The molecule has 2 aromatic rings. The molecule has 102 valence electrons. The van der Waals surface area contributed by atoms with E-state index < -0.39 is 0 Å². The number of hydrogen-bond acceptors (Lipinski definition) is 6. The largest absolute Gasteiger partial charge is 0.370 e. The zero-order chi connectivity index (χ0) is 13.3. The Morgan fingerprint density at radius 2 is 2.26 bits per heavy atom. The van der Waals surface area contributed by atoms with Gasteiger partial charge in [0.25, 0.3) is 0 Å². The monoisotopic (exact) mass is 279 g/mol. The Morgan fingerprint density at radius 1 is 1.47 bits per heavy atom. The maximum Gasteiger partial charge on any atom is 0.249 e. The van der Waals surface area contributed by atoms with E-state index in [0.717, 1.165) is 30.6 Å². The zero-order valence-electron chi connectivity index (χ0n) is 10.8. The van der Waals surface area contributed by atoms with Crippen LogP contribution in [0.25, 0.3) is 0 Å². The molecule has 1 aliphatic carbocycles. The van der Waals surface area contributed by atoms with Crippen LogP contribution in [-0.2, 0) is 10.3 Å². The summed E-state index contributed by atoms with van der Waals surface area (Å²) in [4.78, 5) is 5.49. The summed E-state index contributed by atoms with van der Waals surface area (Å²) in [5.41, 5.74) is 5.75. The van der Waals surface area contributed by atoms with E-state index >= 15 is 0 Å². The standard InChI is InChI=1S/C13H17N3O2S/c1-17-13(6-2-3-7-13)12-15-11(18-16-12)10(14)9-5-4-8-19-9/h4-5,8,10H,2-3,6-7,14H2,1H3. The van der Waals surface area contributed by atoms with Gasteiger partial charge in [-0.15, -0.1) is 11.3 Å². The lowest BCUT2D eigenvalue weighted by Gasteiger charge is -2.22. The lowest BCUT2D eigenvalue weighted by atomic mass is 10.0. The fraction of sp³-hybridized carbons (Fsp3) is 0.538. The minimum absolute atomic E-state index is 0.350. The summed E-state index contributed by atoms with van der Waals surface area (Å²) in [5, 5.41) is 6.07. The maximum atomic E-state index is 6.13. The normalized spacial score (nSPS) is 19.7. The van der Waals surface area contributed by atoms with E-state index in [1.54, 1.807) is 18.4 Å². The van der Waals surface area contributed by atoms with E-state index in [-0.39, 0.29) is 11.6 Å². The van der Waals surface area contributed by atoms with Crippen molar-refractivity contribution in [2.24, 2.45) is 5.73 Å². The van der Waals surface area contributed by atoms with Crippen molar-refractivity contribution >= 4 is 11.3 Å². The first kappa shape index (κ1) is 12.8. The molecule has 0 spiro atoms. The highest BCUT2D eigenvalue weighted by Gasteiger charge is 2.40. The fourth-order valence-corrected chi connectivity index (χ4v) is 3.32. The Labute approximate surface area is 115 Å². The van der Waals surface area contributed by atoms with Crippen molar-refractivity contribution in [1.29, 1.82) is 0 Å². The molecule has 1 aliphatic rings. The number of thiophene rings is 1. The highest BCUT2D eigenvalue weighted by atomic mass is 32.1. The minimum Gasteiger partial charge on any atom is -0.370 e. The van der Waals surface area contributed by atoms with Gasteiger partial charge in [0.15, 0.2) is 0 Å². The van der Waals surface area contributed by atoms with Crippen molar-refractivity contribution in [3.8, 4) is 0 Å². The van der Waals surface area contributed by atoms with E-state index in [0.29, 0.717) is 11.7 Å². The van der Waals surface area contributed by atoms with Crippen molar-refractivity contribution in [2.45, 2.75) is 37.3 Å². The summed E-state index contributed by atoms with van der Waals surface area (Å²) in [7, 11) is 1.71. The predicted octanol–water partition coefficient (Wildman–Crippen LogP) is 2.59. The number of ether oxygens (including phenoxy) is 1. The summed E-state index contributed by atoms with van der Waals surface area (Å²) in [6.45, 7) is 0. The highest BCUT2D eigenvalue weighted by molar-refractivity contribution is 7.10. The zero-order valence-corrected chi connectivity index (χ0v) is 11.7. The Balaban J connectivity index is 1.87. The average Bonchev–Trinajstić information content (AvgIpc) is 3.17. The number of rotatable bonds is 4. The number of aromatic nitrogens is 2. The third-order valence-corrected chi connectivity index (χ3v) is 4.72. The first-order chi connectivity index (χ1) is 9.25. The molecule has 0 amide bonds. The van der Waals surface area contributed by atoms with Gasteiger partial charge in [-0.05, 0) is 37.1 Å². The smallest absolute Gasteiger partial charge is 0.249 e. The lowest BCUT2D eigenvalue weighted by molar-refractivity contribution is -0.0178. The van der Waals surface area contributed by atoms with E-state index in [1.807, 2.05) is 17.5 Å². The second-order valence-electron chi connectivity index (χ2n) is 4.85. The van der Waals surface area contributed by atoms with Crippen molar-refractivity contribution < 1.29 is 9.26 Å². The molecule has 2 heterocycles. The van der Waals surface area contributed by atoms with Crippen molar-refractivity contribution in [1.82, 2.24) is 10.1 Å². The summed E-state index contributed by atoms with van der Waals surface area (Å²) >= 11 is 1.59. The molecule has 0 aliphatic heterocycles. The van der Waals surface area contributed by atoms with Crippen LogP contribution >= 0.6 is 11.3 Å². The van der Waals surface area contributed by atoms with Gasteiger partial charge in [-0.1, -0.05) is 11.2 Å². The highest BCUT2D eigenvalue weighted by Crippen LogP contribution is 2.40. The summed E-state index contributed by atoms with van der Waals surface area (Å²) in [5.74, 6) is 1.09. The summed E-state index contributed by atoms with van der Waals surface area (Å²) < 4.78 is 11.0. The molecule has 0 aromatic carbocycles. The first-order valence-corrected chi connectivity index (χ1v) is 7.31. The maximum absolute atomic E-state index is 6.13. The predicted molar refractivity (Wildman–Crippen MR) is 71.8 cm³/mol.